The highest BCUT2D eigenvalue weighted by Crippen LogP contribution is 2.66. The molecule has 46 heavy (non-hydrogen) atoms. The van der Waals surface area contributed by atoms with Crippen LogP contribution < -0.4 is 0 Å². The van der Waals surface area contributed by atoms with Crippen LogP contribution >= 0.6 is 0 Å². The highest BCUT2D eigenvalue weighted by atomic mass is 16.3. The standard InChI is InChI=1S/C21H28O5.C17H17NO2/c1-19-7-5-13(23)9-12(19)3-4-14-15-6-8-21(26,17(25)11-22)20(15,2)10-16(24)18(14)19;1-18-8-7-10-3-2-4-12-15(10)13(18)9-11-5-6-14(19)17(20)16(11)12/h9,14-15,18,22,26H,3-8,10-11H2,1-2H3;2-6,13,19-20H,7-9H2,1H3/t14-,15-,18+,19-,20-,21-;13-/m01/s1. The Labute approximate surface area is 270 Å². The van der Waals surface area contributed by atoms with Crippen molar-refractivity contribution in [2.24, 2.45) is 28.6 Å². The molecule has 3 fully saturated rings. The number of phenolic OH excluding ortho intramolecular Hbond substituents is 2. The first-order chi connectivity index (χ1) is 21.8. The third kappa shape index (κ3) is 4.32. The molecule has 1 heterocycles. The second-order valence-electron chi connectivity index (χ2n) is 15.2. The molecule has 3 saturated carbocycles. The number of phenols is 2. The predicted molar refractivity (Wildman–Crippen MR) is 172 cm³/mol. The van der Waals surface area contributed by atoms with Crippen molar-refractivity contribution in [3.63, 3.8) is 0 Å². The quantitative estimate of drug-likeness (QED) is 0.348. The van der Waals surface area contributed by atoms with E-state index < -0.39 is 23.4 Å². The average molecular weight is 628 g/mol. The van der Waals surface area contributed by atoms with E-state index in [-0.39, 0.29) is 52.7 Å². The zero-order valence-corrected chi connectivity index (χ0v) is 27.0. The second-order valence-corrected chi connectivity index (χ2v) is 15.2. The summed E-state index contributed by atoms with van der Waals surface area (Å²) in [6, 6.07) is 10.2. The maximum Gasteiger partial charge on any atom is 0.190 e. The third-order valence-electron chi connectivity index (χ3n) is 13.1. The summed E-state index contributed by atoms with van der Waals surface area (Å²) in [4.78, 5) is 39.9. The van der Waals surface area contributed by atoms with Gasteiger partial charge in [-0.3, -0.25) is 19.3 Å². The monoisotopic (exact) mass is 627 g/mol. The number of fused-ring (bicyclic) bond motifs is 7. The van der Waals surface area contributed by atoms with Gasteiger partial charge in [0.2, 0.25) is 0 Å². The normalized spacial score (nSPS) is 35.8. The van der Waals surface area contributed by atoms with Gasteiger partial charge in [-0.25, -0.2) is 0 Å². The van der Waals surface area contributed by atoms with Gasteiger partial charge in [-0.2, -0.15) is 0 Å². The van der Waals surface area contributed by atoms with Crippen LogP contribution in [-0.4, -0.2) is 68.5 Å². The van der Waals surface area contributed by atoms with Gasteiger partial charge in [-0.15, -0.1) is 0 Å². The predicted octanol–water partition coefficient (Wildman–Crippen LogP) is 4.84. The Hall–Kier alpha value is -3.33. The van der Waals surface area contributed by atoms with Crippen LogP contribution in [-0.2, 0) is 27.2 Å². The fourth-order valence-electron chi connectivity index (χ4n) is 10.7. The maximum atomic E-state index is 13.3. The van der Waals surface area contributed by atoms with Gasteiger partial charge >= 0.3 is 0 Å². The summed E-state index contributed by atoms with van der Waals surface area (Å²) in [5.41, 5.74) is 4.16. The van der Waals surface area contributed by atoms with E-state index in [1.807, 2.05) is 13.0 Å². The van der Waals surface area contributed by atoms with Crippen molar-refractivity contribution in [1.82, 2.24) is 4.90 Å². The van der Waals surface area contributed by atoms with Crippen molar-refractivity contribution < 1.29 is 34.8 Å². The van der Waals surface area contributed by atoms with E-state index in [1.54, 1.807) is 12.1 Å². The lowest BCUT2D eigenvalue weighted by atomic mass is 9.46. The fourth-order valence-corrected chi connectivity index (χ4v) is 10.7. The van der Waals surface area contributed by atoms with Gasteiger partial charge in [-0.1, -0.05) is 43.7 Å². The molecule has 0 unspecified atom stereocenters. The zero-order valence-electron chi connectivity index (χ0n) is 27.0. The van der Waals surface area contributed by atoms with E-state index in [1.165, 1.54) is 11.1 Å². The SMILES string of the molecule is CN1CCc2cccc3c2[C@H]1Cc1ccc(O)c(O)c1-3.C[C@]12CCC(=O)C=C1CC[C@@H]1[C@@H]2C(=O)C[C@@]2(C)[C@H]1CC[C@]2(O)C(=O)CO. The Morgan fingerprint density at radius 3 is 2.54 bits per heavy atom. The summed E-state index contributed by atoms with van der Waals surface area (Å²) < 4.78 is 0. The first-order valence-electron chi connectivity index (χ1n) is 16.8. The van der Waals surface area contributed by atoms with Crippen molar-refractivity contribution in [1.29, 1.82) is 0 Å². The topological polar surface area (TPSA) is 135 Å². The molecule has 0 saturated heterocycles. The third-order valence-corrected chi connectivity index (χ3v) is 13.1. The van der Waals surface area contributed by atoms with Crippen molar-refractivity contribution in [3.05, 3.63) is 58.7 Å². The molecule has 2 aromatic rings. The first-order valence-corrected chi connectivity index (χ1v) is 16.8. The van der Waals surface area contributed by atoms with E-state index in [2.05, 4.69) is 37.1 Å². The minimum Gasteiger partial charge on any atom is -0.504 e. The molecule has 5 aliphatic carbocycles. The molecular formula is C38H45NO7. The zero-order chi connectivity index (χ0) is 32.8. The molecule has 8 rings (SSSR count). The molecule has 1 aliphatic heterocycles. The molecule has 8 nitrogen and oxygen atoms in total. The number of hydrogen-bond donors (Lipinski definition) is 4. The number of hydrogen-bond acceptors (Lipinski definition) is 8. The lowest BCUT2D eigenvalue weighted by Crippen LogP contribution is -2.60. The molecule has 0 spiro atoms. The molecule has 0 aromatic heterocycles. The molecule has 0 amide bonds. The second kappa shape index (κ2) is 10.9. The Balaban J connectivity index is 0.000000152. The average Bonchev–Trinajstić information content (AvgIpc) is 3.31. The summed E-state index contributed by atoms with van der Waals surface area (Å²) in [5, 5.41) is 40.5. The van der Waals surface area contributed by atoms with Crippen molar-refractivity contribution in [2.75, 3.05) is 20.2 Å². The Bertz CT molecular complexity index is 1680. The highest BCUT2D eigenvalue weighted by molar-refractivity contribution is 5.94. The smallest absolute Gasteiger partial charge is 0.190 e. The van der Waals surface area contributed by atoms with E-state index in [9.17, 15) is 34.8 Å². The fraction of sp³-hybridized carbons (Fsp3) is 0.553. The highest BCUT2D eigenvalue weighted by Gasteiger charge is 2.68. The van der Waals surface area contributed by atoms with Gasteiger partial charge in [0.25, 0.3) is 0 Å². The van der Waals surface area contributed by atoms with Crippen LogP contribution in [0.15, 0.2) is 42.0 Å². The number of benzene rings is 2. The van der Waals surface area contributed by atoms with E-state index in [4.69, 9.17) is 0 Å². The van der Waals surface area contributed by atoms with E-state index >= 15 is 0 Å². The number of aliphatic hydroxyl groups excluding tert-OH is 1. The maximum absolute atomic E-state index is 13.3. The van der Waals surface area contributed by atoms with Crippen LogP contribution in [0.1, 0.15) is 81.5 Å². The molecule has 2 aromatic carbocycles. The number of nitrogens with zero attached hydrogens (tertiary/aromatic N) is 1. The number of rotatable bonds is 2. The van der Waals surface area contributed by atoms with Gasteiger partial charge < -0.3 is 20.4 Å². The molecule has 8 heteroatoms. The number of likely N-dealkylation sites (N-methyl/N-ethyl adjacent to an activating group) is 1. The van der Waals surface area contributed by atoms with Crippen molar-refractivity contribution in [2.45, 2.75) is 83.3 Å². The van der Waals surface area contributed by atoms with E-state index in [0.717, 1.165) is 54.5 Å². The molecular weight excluding hydrogens is 582 g/mol. The Morgan fingerprint density at radius 1 is 1.00 bits per heavy atom. The molecule has 0 radical (unpaired) electrons. The Morgan fingerprint density at radius 2 is 1.78 bits per heavy atom. The van der Waals surface area contributed by atoms with Gasteiger partial charge in [0.05, 0.1) is 0 Å². The summed E-state index contributed by atoms with van der Waals surface area (Å²) in [6.07, 6.45) is 7.76. The number of Topliss-reactive ketones (excluding diaryl/α,β-unsaturated/α-hetero) is 2. The van der Waals surface area contributed by atoms with Crippen LogP contribution in [0.3, 0.4) is 0 Å². The van der Waals surface area contributed by atoms with Gasteiger partial charge in [-0.05, 0) is 104 Å². The number of ketones is 3. The summed E-state index contributed by atoms with van der Waals surface area (Å²) in [7, 11) is 2.16. The summed E-state index contributed by atoms with van der Waals surface area (Å²) in [5.74, 6) is -0.194. The molecule has 4 N–H and O–H groups in total. The van der Waals surface area contributed by atoms with Gasteiger partial charge in [0.1, 0.15) is 18.0 Å². The largest absolute Gasteiger partial charge is 0.504 e. The first kappa shape index (κ1) is 31.3. The van der Waals surface area contributed by atoms with Crippen molar-refractivity contribution in [3.8, 4) is 22.6 Å². The lowest BCUT2D eigenvalue weighted by Gasteiger charge is -2.57. The molecule has 244 valence electrons. The number of aromatic hydroxyl groups is 2. The number of carbonyl (C=O) groups is 3. The summed E-state index contributed by atoms with van der Waals surface area (Å²) in [6.45, 7) is 4.38. The summed E-state index contributed by atoms with van der Waals surface area (Å²) >= 11 is 0. The van der Waals surface area contributed by atoms with Gasteiger partial charge in [0, 0.05) is 42.3 Å². The molecule has 0 bridgehead atoms. The molecule has 7 atom stereocenters. The Kier molecular flexibility index (Phi) is 7.38. The van der Waals surface area contributed by atoms with Crippen LogP contribution in [0.4, 0.5) is 0 Å². The van der Waals surface area contributed by atoms with Crippen LogP contribution in [0.5, 0.6) is 11.5 Å². The van der Waals surface area contributed by atoms with Crippen LogP contribution in [0.2, 0.25) is 0 Å². The number of carbonyl (C=O) groups excluding carboxylic acids is 3. The van der Waals surface area contributed by atoms with E-state index in [0.29, 0.717) is 31.7 Å². The number of allylic oxidation sites excluding steroid dienone is 1. The van der Waals surface area contributed by atoms with Crippen molar-refractivity contribution >= 4 is 17.3 Å². The van der Waals surface area contributed by atoms with Gasteiger partial charge in [0.15, 0.2) is 23.1 Å². The molecule has 6 aliphatic rings. The minimum absolute atomic E-state index is 0.0163. The minimum atomic E-state index is -1.60. The van der Waals surface area contributed by atoms with Crippen LogP contribution in [0.25, 0.3) is 11.1 Å². The lowest BCUT2D eigenvalue weighted by molar-refractivity contribution is -0.170. The van der Waals surface area contributed by atoms with Crippen LogP contribution in [0, 0.1) is 28.6 Å². The number of aliphatic hydroxyl groups is 2.